The number of benzene rings is 1. The number of rotatable bonds is 2. The molecule has 2 aliphatic rings. The van der Waals surface area contributed by atoms with Gasteiger partial charge in [-0.15, -0.1) is 0 Å². The summed E-state index contributed by atoms with van der Waals surface area (Å²) in [7, 11) is 2.98. The number of allylic oxidation sites excluding steroid dienone is 2. The molecule has 2 atom stereocenters. The fraction of sp³-hybridized carbons (Fsp3) is 0.333. The summed E-state index contributed by atoms with van der Waals surface area (Å²) in [6.45, 7) is 3.57. The highest BCUT2D eigenvalue weighted by Gasteiger charge is 2.40. The van der Waals surface area contributed by atoms with Crippen molar-refractivity contribution >= 4 is 17.1 Å². The quantitative estimate of drug-likeness (QED) is 0.904. The van der Waals surface area contributed by atoms with Crippen LogP contribution in [0.5, 0.6) is 5.75 Å². The van der Waals surface area contributed by atoms with Crippen LogP contribution >= 0.6 is 0 Å². The highest BCUT2D eigenvalue weighted by molar-refractivity contribution is 6.20. The van der Waals surface area contributed by atoms with Crippen LogP contribution in [0.25, 0.3) is 5.57 Å². The molecule has 0 bridgehead atoms. The minimum Gasteiger partial charge on any atom is -0.496 e. The summed E-state index contributed by atoms with van der Waals surface area (Å²) in [6.07, 6.45) is 0.222. The van der Waals surface area contributed by atoms with Crippen molar-refractivity contribution in [3.05, 3.63) is 46.2 Å². The van der Waals surface area contributed by atoms with Crippen LogP contribution in [-0.4, -0.2) is 37.0 Å². The van der Waals surface area contributed by atoms with Crippen LogP contribution in [0.15, 0.2) is 29.5 Å². The number of aryl methyl sites for hydroxylation is 1. The van der Waals surface area contributed by atoms with Crippen molar-refractivity contribution in [3.8, 4) is 5.75 Å². The van der Waals surface area contributed by atoms with E-state index >= 15 is 0 Å². The lowest BCUT2D eigenvalue weighted by Gasteiger charge is -2.32. The van der Waals surface area contributed by atoms with Gasteiger partial charge >= 0.3 is 0 Å². The second kappa shape index (κ2) is 5.35. The number of methoxy groups -OCH3 is 2. The van der Waals surface area contributed by atoms with E-state index in [9.17, 15) is 14.7 Å². The predicted octanol–water partition coefficient (Wildman–Crippen LogP) is 2.06. The van der Waals surface area contributed by atoms with Crippen LogP contribution in [-0.2, 0) is 9.53 Å². The van der Waals surface area contributed by atoms with Crippen molar-refractivity contribution in [2.45, 2.75) is 20.0 Å². The number of hydrogen-bond donors (Lipinski definition) is 1. The minimum absolute atomic E-state index is 0.187. The summed E-state index contributed by atoms with van der Waals surface area (Å²) in [6, 6.07) is 3.51. The van der Waals surface area contributed by atoms with Crippen LogP contribution in [0.3, 0.4) is 0 Å². The number of carbonyl (C=O) groups is 2. The second-order valence-electron chi connectivity index (χ2n) is 5.84. The summed E-state index contributed by atoms with van der Waals surface area (Å²) in [4.78, 5) is 24.8. The van der Waals surface area contributed by atoms with E-state index < -0.39 is 12.0 Å². The molecule has 0 saturated heterocycles. The Kier molecular flexibility index (Phi) is 3.60. The van der Waals surface area contributed by atoms with E-state index in [4.69, 9.17) is 9.47 Å². The maximum absolute atomic E-state index is 12.8. The molecule has 120 valence electrons. The molecule has 0 radical (unpaired) electrons. The molecule has 3 rings (SSSR count). The molecule has 1 aromatic rings. The van der Waals surface area contributed by atoms with E-state index in [1.54, 1.807) is 26.2 Å². The van der Waals surface area contributed by atoms with Crippen molar-refractivity contribution < 1.29 is 24.2 Å². The van der Waals surface area contributed by atoms with Gasteiger partial charge in [0.15, 0.2) is 11.5 Å². The normalized spacial score (nSPS) is 23.3. The standard InChI is InChI=1S/C18H18O5/c1-8-5-12-10(7-14(8)22-3)11-6-13(19)16(20)9(2)15(11)18(23-4)17(12)21/h5-7,9,16,20H,1-4H3. The number of fused-ring (bicyclic) bond motifs is 3. The fourth-order valence-corrected chi connectivity index (χ4v) is 3.27. The van der Waals surface area contributed by atoms with Crippen LogP contribution in [0, 0.1) is 12.8 Å². The first-order valence-electron chi connectivity index (χ1n) is 7.36. The SMILES string of the molecule is COC1=C2C(=CC(=O)C(O)C2C)c2cc(OC)c(C)cc2C1=O. The number of aliphatic hydroxyl groups excluding tert-OH is 1. The third-order valence-corrected chi connectivity index (χ3v) is 4.52. The third-order valence-electron chi connectivity index (χ3n) is 4.52. The first-order chi connectivity index (χ1) is 10.9. The van der Waals surface area contributed by atoms with Crippen molar-refractivity contribution in [3.63, 3.8) is 0 Å². The Morgan fingerprint density at radius 3 is 2.39 bits per heavy atom. The molecule has 5 heteroatoms. The Hall–Kier alpha value is -2.40. The van der Waals surface area contributed by atoms with Gasteiger partial charge in [0.05, 0.1) is 14.2 Å². The van der Waals surface area contributed by atoms with E-state index in [1.165, 1.54) is 13.2 Å². The van der Waals surface area contributed by atoms with Gasteiger partial charge in [-0.3, -0.25) is 9.59 Å². The Balaban J connectivity index is 2.35. The zero-order chi connectivity index (χ0) is 16.9. The van der Waals surface area contributed by atoms with Crippen LogP contribution < -0.4 is 4.74 Å². The zero-order valence-corrected chi connectivity index (χ0v) is 13.5. The number of hydrogen-bond acceptors (Lipinski definition) is 5. The van der Waals surface area contributed by atoms with Gasteiger partial charge in [-0.2, -0.15) is 0 Å². The number of ether oxygens (including phenoxy) is 2. The highest BCUT2D eigenvalue weighted by Crippen LogP contribution is 2.44. The predicted molar refractivity (Wildman–Crippen MR) is 84.3 cm³/mol. The smallest absolute Gasteiger partial charge is 0.228 e. The molecule has 1 N–H and O–H groups in total. The molecule has 0 saturated carbocycles. The van der Waals surface area contributed by atoms with Gasteiger partial charge < -0.3 is 14.6 Å². The Labute approximate surface area is 134 Å². The van der Waals surface area contributed by atoms with Crippen molar-refractivity contribution in [1.29, 1.82) is 0 Å². The van der Waals surface area contributed by atoms with Gasteiger partial charge in [0, 0.05) is 17.1 Å². The summed E-state index contributed by atoms with van der Waals surface area (Å²) >= 11 is 0. The van der Waals surface area contributed by atoms with Gasteiger partial charge in [0.1, 0.15) is 11.9 Å². The number of carbonyl (C=O) groups excluding carboxylic acids is 2. The summed E-state index contributed by atoms with van der Waals surface area (Å²) < 4.78 is 10.6. The van der Waals surface area contributed by atoms with E-state index in [0.29, 0.717) is 28.0 Å². The molecule has 0 aromatic heterocycles. The average Bonchev–Trinajstić information content (AvgIpc) is 2.54. The van der Waals surface area contributed by atoms with E-state index in [0.717, 1.165) is 5.56 Å². The maximum Gasteiger partial charge on any atom is 0.228 e. The molecule has 5 nitrogen and oxygen atoms in total. The molecule has 2 unspecified atom stereocenters. The fourth-order valence-electron chi connectivity index (χ4n) is 3.27. The molecule has 1 aromatic carbocycles. The Bertz CT molecular complexity index is 785. The van der Waals surface area contributed by atoms with E-state index in [2.05, 4.69) is 0 Å². The van der Waals surface area contributed by atoms with Crippen LogP contribution in [0.2, 0.25) is 0 Å². The minimum atomic E-state index is -1.17. The first kappa shape index (κ1) is 15.5. The van der Waals surface area contributed by atoms with Crippen molar-refractivity contribution in [2.75, 3.05) is 14.2 Å². The topological polar surface area (TPSA) is 72.8 Å². The van der Waals surface area contributed by atoms with E-state index in [1.807, 2.05) is 6.92 Å². The summed E-state index contributed by atoms with van der Waals surface area (Å²) in [5, 5.41) is 10.1. The van der Waals surface area contributed by atoms with Crippen LogP contribution in [0.1, 0.15) is 28.4 Å². The van der Waals surface area contributed by atoms with Crippen molar-refractivity contribution in [2.24, 2.45) is 5.92 Å². The number of ketones is 2. The van der Waals surface area contributed by atoms with Gasteiger partial charge in [-0.25, -0.2) is 0 Å². The highest BCUT2D eigenvalue weighted by atomic mass is 16.5. The molecule has 0 amide bonds. The third kappa shape index (κ3) is 2.11. The van der Waals surface area contributed by atoms with Gasteiger partial charge in [-0.05, 0) is 41.8 Å². The zero-order valence-electron chi connectivity index (χ0n) is 13.5. The molecule has 0 heterocycles. The molecule has 23 heavy (non-hydrogen) atoms. The maximum atomic E-state index is 12.8. The van der Waals surface area contributed by atoms with Gasteiger partial charge in [-0.1, -0.05) is 6.92 Å². The molecule has 0 aliphatic heterocycles. The number of Topliss-reactive ketones (excluding diaryl/α,β-unsaturated/α-hetero) is 1. The largest absolute Gasteiger partial charge is 0.496 e. The first-order valence-corrected chi connectivity index (χ1v) is 7.36. The molecular formula is C18H18O5. The molecular weight excluding hydrogens is 296 g/mol. The van der Waals surface area contributed by atoms with E-state index in [-0.39, 0.29) is 17.3 Å². The van der Waals surface area contributed by atoms with Crippen LogP contribution in [0.4, 0.5) is 0 Å². The lowest BCUT2D eigenvalue weighted by Crippen LogP contribution is -2.35. The van der Waals surface area contributed by atoms with Crippen molar-refractivity contribution in [1.82, 2.24) is 0 Å². The number of aliphatic hydroxyl groups is 1. The molecule has 0 spiro atoms. The average molecular weight is 314 g/mol. The Morgan fingerprint density at radius 1 is 1.09 bits per heavy atom. The summed E-state index contributed by atoms with van der Waals surface area (Å²) in [5.41, 5.74) is 3.14. The second-order valence-corrected chi connectivity index (χ2v) is 5.84. The Morgan fingerprint density at radius 2 is 1.78 bits per heavy atom. The lowest BCUT2D eigenvalue weighted by molar-refractivity contribution is -0.124. The van der Waals surface area contributed by atoms with Gasteiger partial charge in [0.2, 0.25) is 5.78 Å². The monoisotopic (exact) mass is 314 g/mol. The molecule has 2 aliphatic carbocycles. The summed E-state index contributed by atoms with van der Waals surface area (Å²) in [5.74, 6) is -0.293. The lowest BCUT2D eigenvalue weighted by atomic mass is 9.73. The van der Waals surface area contributed by atoms with Gasteiger partial charge in [0.25, 0.3) is 0 Å². The molecule has 0 fully saturated rings.